The largest absolute Gasteiger partial charge is 0.496 e. The van der Waals surface area contributed by atoms with Gasteiger partial charge in [0.05, 0.1) is 26.4 Å². The zero-order chi connectivity index (χ0) is 17.5. The van der Waals surface area contributed by atoms with Crippen molar-refractivity contribution in [3.8, 4) is 11.5 Å². The van der Waals surface area contributed by atoms with E-state index in [-0.39, 0.29) is 12.2 Å². The molecule has 0 atom stereocenters. The van der Waals surface area contributed by atoms with Gasteiger partial charge >= 0.3 is 5.97 Å². The molecule has 0 radical (unpaired) electrons. The number of benzene rings is 2. The first-order valence-electron chi connectivity index (χ1n) is 7.40. The number of hydrogen-bond acceptors (Lipinski definition) is 5. The van der Waals surface area contributed by atoms with E-state index in [2.05, 4.69) is 5.32 Å². The summed E-state index contributed by atoms with van der Waals surface area (Å²) in [5.41, 5.74) is 1.11. The van der Waals surface area contributed by atoms with Crippen molar-refractivity contribution in [3.63, 3.8) is 0 Å². The normalized spacial score (nSPS) is 9.96. The van der Waals surface area contributed by atoms with Crippen LogP contribution in [0.3, 0.4) is 0 Å². The SMILES string of the molecule is CCOC(=O)c1cccc(NC(=O)c2c(OC)cccc2OC)c1. The summed E-state index contributed by atoms with van der Waals surface area (Å²) in [7, 11) is 2.96. The van der Waals surface area contributed by atoms with Gasteiger partial charge in [0.2, 0.25) is 0 Å². The van der Waals surface area contributed by atoms with E-state index in [9.17, 15) is 9.59 Å². The molecule has 1 N–H and O–H groups in total. The monoisotopic (exact) mass is 329 g/mol. The van der Waals surface area contributed by atoms with E-state index >= 15 is 0 Å². The second-order valence-electron chi connectivity index (χ2n) is 4.79. The molecule has 0 bridgehead atoms. The molecule has 0 aliphatic carbocycles. The molecule has 0 fully saturated rings. The Labute approximate surface area is 140 Å². The molecule has 24 heavy (non-hydrogen) atoms. The molecule has 6 heteroatoms. The van der Waals surface area contributed by atoms with E-state index < -0.39 is 11.9 Å². The molecule has 0 aliphatic rings. The van der Waals surface area contributed by atoms with Gasteiger partial charge in [-0.25, -0.2) is 4.79 Å². The maximum absolute atomic E-state index is 12.6. The summed E-state index contributed by atoms with van der Waals surface area (Å²) in [5, 5.41) is 2.74. The zero-order valence-corrected chi connectivity index (χ0v) is 13.8. The minimum Gasteiger partial charge on any atom is -0.496 e. The summed E-state index contributed by atoms with van der Waals surface area (Å²) in [5.74, 6) is -0.0458. The van der Waals surface area contributed by atoms with Crippen LogP contribution in [0.1, 0.15) is 27.6 Å². The highest BCUT2D eigenvalue weighted by Gasteiger charge is 2.18. The number of carbonyl (C=O) groups is 2. The number of hydrogen-bond donors (Lipinski definition) is 1. The van der Waals surface area contributed by atoms with Crippen molar-refractivity contribution >= 4 is 17.6 Å². The fraction of sp³-hybridized carbons (Fsp3) is 0.222. The van der Waals surface area contributed by atoms with Crippen LogP contribution in [0.2, 0.25) is 0 Å². The fourth-order valence-corrected chi connectivity index (χ4v) is 2.21. The van der Waals surface area contributed by atoms with Crippen molar-refractivity contribution in [2.24, 2.45) is 0 Å². The Morgan fingerprint density at radius 3 is 2.21 bits per heavy atom. The molecule has 0 heterocycles. The number of methoxy groups -OCH3 is 2. The van der Waals surface area contributed by atoms with Gasteiger partial charge in [0.15, 0.2) is 0 Å². The first-order chi connectivity index (χ1) is 11.6. The van der Waals surface area contributed by atoms with Crippen molar-refractivity contribution in [1.29, 1.82) is 0 Å². The molecule has 0 aromatic heterocycles. The predicted octanol–water partition coefficient (Wildman–Crippen LogP) is 3.13. The van der Waals surface area contributed by atoms with E-state index in [0.717, 1.165) is 0 Å². The average molecular weight is 329 g/mol. The van der Waals surface area contributed by atoms with Crippen LogP contribution < -0.4 is 14.8 Å². The Bertz CT molecular complexity index is 720. The molecular formula is C18H19NO5. The Hall–Kier alpha value is -3.02. The van der Waals surface area contributed by atoms with E-state index in [1.165, 1.54) is 14.2 Å². The Kier molecular flexibility index (Phi) is 5.78. The topological polar surface area (TPSA) is 73.9 Å². The lowest BCUT2D eigenvalue weighted by atomic mass is 10.1. The molecular weight excluding hydrogens is 310 g/mol. The lowest BCUT2D eigenvalue weighted by Gasteiger charge is -2.13. The van der Waals surface area contributed by atoms with Crippen LogP contribution in [0.25, 0.3) is 0 Å². The summed E-state index contributed by atoms with van der Waals surface area (Å²) in [6.45, 7) is 2.02. The molecule has 0 unspecified atom stereocenters. The number of amides is 1. The number of nitrogens with one attached hydrogen (secondary N) is 1. The highest BCUT2D eigenvalue weighted by molar-refractivity contribution is 6.08. The van der Waals surface area contributed by atoms with E-state index in [0.29, 0.717) is 22.7 Å². The van der Waals surface area contributed by atoms with Gasteiger partial charge in [0.25, 0.3) is 5.91 Å². The van der Waals surface area contributed by atoms with Gasteiger partial charge < -0.3 is 19.5 Å². The number of esters is 1. The van der Waals surface area contributed by atoms with Crippen molar-refractivity contribution in [1.82, 2.24) is 0 Å². The molecule has 1 amide bonds. The van der Waals surface area contributed by atoms with Gasteiger partial charge in [-0.15, -0.1) is 0 Å². The summed E-state index contributed by atoms with van der Waals surface area (Å²) < 4.78 is 15.4. The first-order valence-corrected chi connectivity index (χ1v) is 7.40. The lowest BCUT2D eigenvalue weighted by Crippen LogP contribution is -2.15. The third-order valence-electron chi connectivity index (χ3n) is 3.29. The maximum atomic E-state index is 12.6. The van der Waals surface area contributed by atoms with Gasteiger partial charge in [0.1, 0.15) is 17.1 Å². The summed E-state index contributed by atoms with van der Waals surface area (Å²) in [6, 6.07) is 11.6. The van der Waals surface area contributed by atoms with E-state index in [4.69, 9.17) is 14.2 Å². The van der Waals surface area contributed by atoms with Gasteiger partial charge in [-0.1, -0.05) is 12.1 Å². The summed E-state index contributed by atoms with van der Waals surface area (Å²) in [4.78, 5) is 24.4. The lowest BCUT2D eigenvalue weighted by molar-refractivity contribution is 0.0526. The third-order valence-corrected chi connectivity index (χ3v) is 3.29. The zero-order valence-electron chi connectivity index (χ0n) is 13.8. The maximum Gasteiger partial charge on any atom is 0.338 e. The smallest absolute Gasteiger partial charge is 0.338 e. The van der Waals surface area contributed by atoms with Crippen LogP contribution in [0, 0.1) is 0 Å². The molecule has 2 rings (SSSR count). The second-order valence-corrected chi connectivity index (χ2v) is 4.79. The van der Waals surface area contributed by atoms with Crippen molar-refractivity contribution in [2.45, 2.75) is 6.92 Å². The minimum absolute atomic E-state index is 0.282. The highest BCUT2D eigenvalue weighted by Crippen LogP contribution is 2.29. The van der Waals surface area contributed by atoms with Crippen molar-refractivity contribution in [2.75, 3.05) is 26.1 Å². The van der Waals surface area contributed by atoms with Gasteiger partial charge in [0, 0.05) is 5.69 Å². The van der Waals surface area contributed by atoms with Crippen LogP contribution in [0.15, 0.2) is 42.5 Å². The molecule has 126 valence electrons. The molecule has 2 aromatic carbocycles. The number of ether oxygens (including phenoxy) is 3. The van der Waals surface area contributed by atoms with E-state index in [1.54, 1.807) is 49.4 Å². The molecule has 0 saturated carbocycles. The molecule has 0 saturated heterocycles. The van der Waals surface area contributed by atoms with Crippen molar-refractivity contribution < 1.29 is 23.8 Å². The van der Waals surface area contributed by atoms with Crippen LogP contribution >= 0.6 is 0 Å². The van der Waals surface area contributed by atoms with Gasteiger partial charge in [-0.3, -0.25) is 4.79 Å². The van der Waals surface area contributed by atoms with Crippen LogP contribution in [-0.4, -0.2) is 32.7 Å². The minimum atomic E-state index is -0.441. The number of carbonyl (C=O) groups excluding carboxylic acids is 2. The third kappa shape index (κ3) is 3.84. The first kappa shape index (κ1) is 17.3. The summed E-state index contributed by atoms with van der Waals surface area (Å²) >= 11 is 0. The standard InChI is InChI=1S/C18H19NO5/c1-4-24-18(21)12-7-5-8-13(11-12)19-17(20)16-14(22-2)9-6-10-15(16)23-3/h5-11H,4H2,1-3H3,(H,19,20). The molecule has 0 aliphatic heterocycles. The number of anilines is 1. The predicted molar refractivity (Wildman–Crippen MR) is 89.9 cm³/mol. The van der Waals surface area contributed by atoms with E-state index in [1.807, 2.05) is 0 Å². The number of rotatable bonds is 6. The van der Waals surface area contributed by atoms with Crippen LogP contribution in [0.4, 0.5) is 5.69 Å². The Morgan fingerprint density at radius 2 is 1.62 bits per heavy atom. The van der Waals surface area contributed by atoms with Crippen molar-refractivity contribution in [3.05, 3.63) is 53.6 Å². The van der Waals surface area contributed by atoms with Gasteiger partial charge in [-0.2, -0.15) is 0 Å². The highest BCUT2D eigenvalue weighted by atomic mass is 16.5. The Balaban J connectivity index is 2.28. The quantitative estimate of drug-likeness (QED) is 0.824. The van der Waals surface area contributed by atoms with Crippen LogP contribution in [-0.2, 0) is 4.74 Å². The molecule has 0 spiro atoms. The molecule has 6 nitrogen and oxygen atoms in total. The summed E-state index contributed by atoms with van der Waals surface area (Å²) in [6.07, 6.45) is 0. The van der Waals surface area contributed by atoms with Crippen LogP contribution in [0.5, 0.6) is 11.5 Å². The van der Waals surface area contributed by atoms with Gasteiger partial charge in [-0.05, 0) is 37.3 Å². The average Bonchev–Trinajstić information content (AvgIpc) is 2.61. The fourth-order valence-electron chi connectivity index (χ4n) is 2.21. The second kappa shape index (κ2) is 8.01. The Morgan fingerprint density at radius 1 is 1.00 bits per heavy atom. The molecule has 2 aromatic rings.